The Morgan fingerprint density at radius 1 is 1.24 bits per heavy atom. The van der Waals surface area contributed by atoms with Gasteiger partial charge < -0.3 is 10.1 Å². The van der Waals surface area contributed by atoms with E-state index in [9.17, 15) is 17.6 Å². The van der Waals surface area contributed by atoms with Crippen molar-refractivity contribution in [1.29, 1.82) is 0 Å². The number of likely N-dealkylation sites (N-methyl/N-ethyl adjacent to an activating group) is 1. The molecule has 10 heteroatoms. The van der Waals surface area contributed by atoms with Gasteiger partial charge in [0.15, 0.2) is 0 Å². The molecule has 1 fully saturated rings. The number of nitrogens with zero attached hydrogens (tertiary/aromatic N) is 1. The van der Waals surface area contributed by atoms with Gasteiger partial charge >= 0.3 is 0 Å². The molecule has 1 amide bonds. The maximum absolute atomic E-state index is 13.4. The number of benzene rings is 2. The summed E-state index contributed by atoms with van der Waals surface area (Å²) < 4.78 is 44.6. The van der Waals surface area contributed by atoms with Crippen molar-refractivity contribution in [3.05, 3.63) is 59.9 Å². The lowest BCUT2D eigenvalue weighted by atomic mass is 10.0. The lowest BCUT2D eigenvalue weighted by Crippen LogP contribution is -2.48. The van der Waals surface area contributed by atoms with Crippen molar-refractivity contribution in [3.63, 3.8) is 0 Å². The summed E-state index contributed by atoms with van der Waals surface area (Å²) in [6, 6.07) is 12.0. The molecule has 29 heavy (non-hydrogen) atoms. The highest BCUT2D eigenvalue weighted by molar-refractivity contribution is 7.89. The highest BCUT2D eigenvalue weighted by Crippen LogP contribution is 2.22. The molecule has 1 heterocycles. The highest BCUT2D eigenvalue weighted by Gasteiger charge is 2.28. The summed E-state index contributed by atoms with van der Waals surface area (Å²) in [4.78, 5) is 12.4. The van der Waals surface area contributed by atoms with Gasteiger partial charge in [-0.15, -0.1) is 0 Å². The van der Waals surface area contributed by atoms with Crippen LogP contribution in [-0.2, 0) is 14.8 Å². The molecule has 1 aliphatic heterocycles. The summed E-state index contributed by atoms with van der Waals surface area (Å²) in [7, 11) is -0.979. The van der Waals surface area contributed by atoms with Gasteiger partial charge in [0.25, 0.3) is 0 Å². The quantitative estimate of drug-likeness (QED) is 0.619. The number of nitrogens with one attached hydrogen (secondary N) is 3. The Morgan fingerprint density at radius 2 is 1.97 bits per heavy atom. The first-order chi connectivity index (χ1) is 13.8. The van der Waals surface area contributed by atoms with Gasteiger partial charge in [0, 0.05) is 19.5 Å². The topological polar surface area (TPSA) is 99.8 Å². The standard InChI is InChI=1S/C19H23FN4O4S/c1-24(29(26,27)16-8-6-15(28-2)7-9-16)12-19(25)21-18-11-17(22-23-18)13-4-3-5-14(20)10-13/h3-10,17-18,22-23H,11-12H2,1-2H3,(H,21,25). The van der Waals surface area contributed by atoms with Crippen molar-refractivity contribution in [2.45, 2.75) is 23.5 Å². The van der Waals surface area contributed by atoms with Crippen molar-refractivity contribution < 1.29 is 22.3 Å². The molecule has 2 atom stereocenters. The molecular weight excluding hydrogens is 399 g/mol. The van der Waals surface area contributed by atoms with Crippen molar-refractivity contribution in [2.75, 3.05) is 20.7 Å². The van der Waals surface area contributed by atoms with Crippen molar-refractivity contribution in [3.8, 4) is 5.75 Å². The second-order valence-electron chi connectivity index (χ2n) is 6.69. The van der Waals surface area contributed by atoms with Crippen LogP contribution in [-0.4, -0.2) is 45.5 Å². The fraction of sp³-hybridized carbons (Fsp3) is 0.316. The van der Waals surface area contributed by atoms with Crippen molar-refractivity contribution in [2.24, 2.45) is 0 Å². The van der Waals surface area contributed by atoms with E-state index in [1.165, 1.54) is 38.4 Å². The van der Waals surface area contributed by atoms with Gasteiger partial charge in [-0.2, -0.15) is 4.31 Å². The van der Waals surface area contributed by atoms with Gasteiger partial charge in [-0.3, -0.25) is 4.79 Å². The normalized spacial score (nSPS) is 19.3. The molecule has 1 saturated heterocycles. The van der Waals surface area contributed by atoms with Gasteiger partial charge in [-0.25, -0.2) is 23.7 Å². The van der Waals surface area contributed by atoms with Crippen LogP contribution in [0.2, 0.25) is 0 Å². The number of methoxy groups -OCH3 is 1. The maximum Gasteiger partial charge on any atom is 0.243 e. The van der Waals surface area contributed by atoms with Gasteiger partial charge in [0.05, 0.1) is 24.7 Å². The van der Waals surface area contributed by atoms with E-state index in [-0.39, 0.29) is 23.3 Å². The van der Waals surface area contributed by atoms with Crippen LogP contribution in [0.3, 0.4) is 0 Å². The third-order valence-corrected chi connectivity index (χ3v) is 6.44. The summed E-state index contributed by atoms with van der Waals surface area (Å²) in [6.07, 6.45) is 0.0808. The Kier molecular flexibility index (Phi) is 6.48. The number of carbonyl (C=O) groups excluding carboxylic acids is 1. The first-order valence-corrected chi connectivity index (χ1v) is 10.4. The molecule has 2 aromatic carbocycles. The molecule has 8 nitrogen and oxygen atoms in total. The van der Waals surface area contributed by atoms with E-state index in [0.717, 1.165) is 9.87 Å². The van der Waals surface area contributed by atoms with E-state index >= 15 is 0 Å². The molecule has 156 valence electrons. The van der Waals surface area contributed by atoms with Crippen LogP contribution >= 0.6 is 0 Å². The van der Waals surface area contributed by atoms with E-state index in [0.29, 0.717) is 12.2 Å². The molecule has 0 aliphatic carbocycles. The summed E-state index contributed by atoms with van der Waals surface area (Å²) in [6.45, 7) is -0.336. The molecule has 2 unspecified atom stereocenters. The van der Waals surface area contributed by atoms with Gasteiger partial charge in [0.1, 0.15) is 11.6 Å². The van der Waals surface area contributed by atoms with E-state index in [2.05, 4.69) is 16.2 Å². The van der Waals surface area contributed by atoms with E-state index < -0.39 is 22.1 Å². The van der Waals surface area contributed by atoms with E-state index in [1.807, 2.05) is 0 Å². The molecule has 3 rings (SSSR count). The minimum atomic E-state index is -3.81. The SMILES string of the molecule is COc1ccc(S(=O)(=O)N(C)CC(=O)NC2CC(c3cccc(F)c3)NN2)cc1. The molecule has 3 N–H and O–H groups in total. The number of hydrazine groups is 1. The maximum atomic E-state index is 13.4. The van der Waals surface area contributed by atoms with Crippen LogP contribution in [0.1, 0.15) is 18.0 Å². The third kappa shape index (κ3) is 5.10. The number of halogens is 1. The zero-order valence-electron chi connectivity index (χ0n) is 16.1. The number of carbonyl (C=O) groups is 1. The minimum Gasteiger partial charge on any atom is -0.497 e. The predicted octanol–water partition coefficient (Wildman–Crippen LogP) is 1.14. The average molecular weight is 422 g/mol. The highest BCUT2D eigenvalue weighted by atomic mass is 32.2. The Morgan fingerprint density at radius 3 is 2.62 bits per heavy atom. The largest absolute Gasteiger partial charge is 0.497 e. The Balaban J connectivity index is 1.56. The fourth-order valence-electron chi connectivity index (χ4n) is 3.05. The van der Waals surface area contributed by atoms with E-state index in [1.54, 1.807) is 24.3 Å². The Hall–Kier alpha value is -2.53. The van der Waals surface area contributed by atoms with Crippen LogP contribution < -0.4 is 20.9 Å². The number of hydrogen-bond acceptors (Lipinski definition) is 6. The van der Waals surface area contributed by atoms with Crippen LogP contribution in [0.5, 0.6) is 5.75 Å². The van der Waals surface area contributed by atoms with Crippen molar-refractivity contribution >= 4 is 15.9 Å². The lowest BCUT2D eigenvalue weighted by molar-refractivity contribution is -0.121. The molecule has 0 spiro atoms. The molecule has 0 aromatic heterocycles. The van der Waals surface area contributed by atoms with Gasteiger partial charge in [-0.05, 0) is 42.0 Å². The molecule has 2 aromatic rings. The smallest absolute Gasteiger partial charge is 0.243 e. The zero-order chi connectivity index (χ0) is 21.0. The number of ether oxygens (including phenoxy) is 1. The average Bonchev–Trinajstić information content (AvgIpc) is 3.16. The minimum absolute atomic E-state index is 0.0698. The first kappa shape index (κ1) is 21.2. The zero-order valence-corrected chi connectivity index (χ0v) is 16.9. The van der Waals surface area contributed by atoms with Crippen LogP contribution in [0, 0.1) is 5.82 Å². The molecule has 1 aliphatic rings. The van der Waals surface area contributed by atoms with Crippen LogP contribution in [0.25, 0.3) is 0 Å². The fourth-order valence-corrected chi connectivity index (χ4v) is 4.17. The van der Waals surface area contributed by atoms with Gasteiger partial charge in [0.2, 0.25) is 15.9 Å². The summed E-state index contributed by atoms with van der Waals surface area (Å²) in [5.41, 5.74) is 6.68. The monoisotopic (exact) mass is 422 g/mol. The van der Waals surface area contributed by atoms with Crippen molar-refractivity contribution in [1.82, 2.24) is 20.5 Å². The molecule has 0 bridgehead atoms. The Bertz CT molecular complexity index is 968. The third-order valence-electron chi connectivity index (χ3n) is 4.62. The first-order valence-electron chi connectivity index (χ1n) is 8.96. The molecule has 0 radical (unpaired) electrons. The van der Waals surface area contributed by atoms with E-state index in [4.69, 9.17) is 4.74 Å². The second-order valence-corrected chi connectivity index (χ2v) is 8.73. The van der Waals surface area contributed by atoms with Crippen LogP contribution in [0.4, 0.5) is 4.39 Å². The molecule has 0 saturated carbocycles. The Labute approximate surface area is 169 Å². The summed E-state index contributed by atoms with van der Waals surface area (Å²) in [5, 5.41) is 2.73. The van der Waals surface area contributed by atoms with Gasteiger partial charge in [-0.1, -0.05) is 12.1 Å². The molecular formula is C19H23FN4O4S. The van der Waals surface area contributed by atoms with Crippen LogP contribution in [0.15, 0.2) is 53.4 Å². The lowest BCUT2D eigenvalue weighted by Gasteiger charge is -2.19. The number of hydrogen-bond donors (Lipinski definition) is 3. The number of rotatable bonds is 7. The summed E-state index contributed by atoms with van der Waals surface area (Å²) >= 11 is 0. The second kappa shape index (κ2) is 8.87. The number of amides is 1. The summed E-state index contributed by atoms with van der Waals surface area (Å²) in [5.74, 6) is -0.247. The number of sulfonamides is 1. The predicted molar refractivity (Wildman–Crippen MR) is 105 cm³/mol.